The summed E-state index contributed by atoms with van der Waals surface area (Å²) >= 11 is 2.34. The molecule has 0 saturated heterocycles. The van der Waals surface area contributed by atoms with Gasteiger partial charge in [-0.15, -0.1) is 0 Å². The highest BCUT2D eigenvalue weighted by atomic mass is 127. The predicted molar refractivity (Wildman–Crippen MR) is 76.5 cm³/mol. The fourth-order valence-corrected chi connectivity index (χ4v) is 2.00. The summed E-state index contributed by atoms with van der Waals surface area (Å²) in [7, 11) is 0. The van der Waals surface area contributed by atoms with Gasteiger partial charge < -0.3 is 10.6 Å². The van der Waals surface area contributed by atoms with Crippen LogP contribution in [-0.4, -0.2) is 19.1 Å². The van der Waals surface area contributed by atoms with Gasteiger partial charge in [-0.3, -0.25) is 0 Å². The van der Waals surface area contributed by atoms with Crippen LogP contribution < -0.4 is 10.6 Å². The summed E-state index contributed by atoms with van der Waals surface area (Å²) < 4.78 is 1.30. The molecule has 2 rings (SSSR count). The van der Waals surface area contributed by atoms with Gasteiger partial charge >= 0.3 is 0 Å². The highest BCUT2D eigenvalue weighted by Gasteiger charge is 2.19. The molecule has 1 saturated carbocycles. The van der Waals surface area contributed by atoms with Gasteiger partial charge in [-0.1, -0.05) is 12.1 Å². The van der Waals surface area contributed by atoms with E-state index in [1.54, 1.807) is 0 Å². The lowest BCUT2D eigenvalue weighted by atomic mass is 10.2. The lowest BCUT2D eigenvalue weighted by molar-refractivity contribution is 0.593. The van der Waals surface area contributed by atoms with Gasteiger partial charge in [0, 0.05) is 16.2 Å². The van der Waals surface area contributed by atoms with Crippen molar-refractivity contribution in [3.05, 3.63) is 33.4 Å². The third-order valence-electron chi connectivity index (χ3n) is 2.78. The normalized spacial score (nSPS) is 15.3. The summed E-state index contributed by atoms with van der Waals surface area (Å²) in [5.41, 5.74) is 1.37. The molecule has 1 fully saturated rings. The molecule has 88 valence electrons. The van der Waals surface area contributed by atoms with Crippen molar-refractivity contribution in [1.29, 1.82) is 0 Å². The van der Waals surface area contributed by atoms with Crippen molar-refractivity contribution in [3.8, 4) is 0 Å². The van der Waals surface area contributed by atoms with Gasteiger partial charge in [0.05, 0.1) is 0 Å². The van der Waals surface area contributed by atoms with Crippen LogP contribution in [-0.2, 0) is 6.54 Å². The van der Waals surface area contributed by atoms with Crippen molar-refractivity contribution in [2.75, 3.05) is 13.1 Å². The summed E-state index contributed by atoms with van der Waals surface area (Å²) in [5.74, 6) is 0. The molecule has 0 aliphatic heterocycles. The summed E-state index contributed by atoms with van der Waals surface area (Å²) in [4.78, 5) is 0. The molecule has 0 bridgehead atoms. The first-order valence-electron chi connectivity index (χ1n) is 6.03. The highest BCUT2D eigenvalue weighted by molar-refractivity contribution is 14.1. The van der Waals surface area contributed by atoms with Crippen molar-refractivity contribution in [2.45, 2.75) is 31.8 Å². The SMILES string of the molecule is Ic1ccc(CNCCCNC2CC2)cc1. The van der Waals surface area contributed by atoms with Crippen molar-refractivity contribution < 1.29 is 0 Å². The van der Waals surface area contributed by atoms with Crippen LogP contribution in [0.3, 0.4) is 0 Å². The van der Waals surface area contributed by atoms with Gasteiger partial charge in [0.1, 0.15) is 0 Å². The molecule has 3 heteroatoms. The minimum atomic E-state index is 0.844. The lowest BCUT2D eigenvalue weighted by Crippen LogP contribution is -2.23. The van der Waals surface area contributed by atoms with Crippen LogP contribution in [0.4, 0.5) is 0 Å². The first-order chi connectivity index (χ1) is 7.84. The van der Waals surface area contributed by atoms with Crippen LogP contribution in [0.15, 0.2) is 24.3 Å². The van der Waals surface area contributed by atoms with Crippen LogP contribution in [0.2, 0.25) is 0 Å². The van der Waals surface area contributed by atoms with E-state index >= 15 is 0 Å². The predicted octanol–water partition coefficient (Wildman–Crippen LogP) is 2.52. The molecule has 1 aliphatic carbocycles. The molecule has 0 spiro atoms. The third kappa shape index (κ3) is 4.80. The average molecular weight is 330 g/mol. The number of hydrogen-bond donors (Lipinski definition) is 2. The van der Waals surface area contributed by atoms with Crippen LogP contribution in [0.1, 0.15) is 24.8 Å². The van der Waals surface area contributed by atoms with Crippen LogP contribution in [0.25, 0.3) is 0 Å². The number of nitrogens with one attached hydrogen (secondary N) is 2. The van der Waals surface area contributed by atoms with Gasteiger partial charge in [-0.2, -0.15) is 0 Å². The van der Waals surface area contributed by atoms with E-state index in [0.29, 0.717) is 0 Å². The molecular weight excluding hydrogens is 311 g/mol. The monoisotopic (exact) mass is 330 g/mol. The van der Waals surface area contributed by atoms with E-state index in [4.69, 9.17) is 0 Å². The van der Waals surface area contributed by atoms with E-state index in [1.165, 1.54) is 28.4 Å². The molecule has 0 heterocycles. The fourth-order valence-electron chi connectivity index (χ4n) is 1.64. The molecule has 0 unspecified atom stereocenters. The minimum absolute atomic E-state index is 0.844. The lowest BCUT2D eigenvalue weighted by Gasteiger charge is -2.05. The molecule has 0 aromatic heterocycles. The van der Waals surface area contributed by atoms with Crippen molar-refractivity contribution in [3.63, 3.8) is 0 Å². The van der Waals surface area contributed by atoms with Gasteiger partial charge in [-0.05, 0) is 72.6 Å². The van der Waals surface area contributed by atoms with Crippen molar-refractivity contribution in [2.24, 2.45) is 0 Å². The second-order valence-corrected chi connectivity index (χ2v) is 5.63. The fraction of sp³-hybridized carbons (Fsp3) is 0.538. The van der Waals surface area contributed by atoms with E-state index in [2.05, 4.69) is 57.5 Å². The topological polar surface area (TPSA) is 24.1 Å². The molecule has 1 aromatic rings. The van der Waals surface area contributed by atoms with E-state index in [-0.39, 0.29) is 0 Å². The Morgan fingerprint density at radius 2 is 1.88 bits per heavy atom. The quantitative estimate of drug-likeness (QED) is 0.593. The Labute approximate surface area is 111 Å². The van der Waals surface area contributed by atoms with E-state index < -0.39 is 0 Å². The van der Waals surface area contributed by atoms with Crippen LogP contribution in [0, 0.1) is 3.57 Å². The summed E-state index contributed by atoms with van der Waals surface area (Å²) in [5, 5.41) is 6.99. The van der Waals surface area contributed by atoms with E-state index in [0.717, 1.165) is 25.7 Å². The zero-order chi connectivity index (χ0) is 11.2. The molecule has 0 atom stereocenters. The number of halogens is 1. The Morgan fingerprint density at radius 1 is 1.12 bits per heavy atom. The van der Waals surface area contributed by atoms with Crippen molar-refractivity contribution >= 4 is 22.6 Å². The molecule has 0 radical (unpaired) electrons. The first kappa shape index (κ1) is 12.3. The Balaban J connectivity index is 1.51. The Morgan fingerprint density at radius 3 is 2.56 bits per heavy atom. The maximum atomic E-state index is 3.52. The maximum Gasteiger partial charge on any atom is 0.0205 e. The molecule has 1 aromatic carbocycles. The standard InChI is InChI=1S/C13H19IN2/c14-12-4-2-11(3-5-12)10-15-8-1-9-16-13-6-7-13/h2-5,13,15-16H,1,6-10H2. The number of hydrogen-bond acceptors (Lipinski definition) is 2. The molecule has 0 amide bonds. The first-order valence-corrected chi connectivity index (χ1v) is 7.11. The molecule has 2 N–H and O–H groups in total. The minimum Gasteiger partial charge on any atom is -0.314 e. The molecule has 2 nitrogen and oxygen atoms in total. The third-order valence-corrected chi connectivity index (χ3v) is 3.50. The van der Waals surface area contributed by atoms with Crippen LogP contribution >= 0.6 is 22.6 Å². The molecule has 16 heavy (non-hydrogen) atoms. The Kier molecular flexibility index (Phi) is 5.06. The second kappa shape index (κ2) is 6.57. The molecular formula is C13H19IN2. The van der Waals surface area contributed by atoms with E-state index in [1.807, 2.05) is 0 Å². The number of benzene rings is 1. The number of rotatable bonds is 7. The Hall–Kier alpha value is -0.130. The zero-order valence-corrected chi connectivity index (χ0v) is 11.7. The maximum absolute atomic E-state index is 3.52. The van der Waals surface area contributed by atoms with Gasteiger partial charge in [-0.25, -0.2) is 0 Å². The highest BCUT2D eigenvalue weighted by Crippen LogP contribution is 2.18. The summed E-state index contributed by atoms with van der Waals surface area (Å²) in [6.45, 7) is 3.25. The molecule has 1 aliphatic rings. The van der Waals surface area contributed by atoms with Crippen LogP contribution in [0.5, 0.6) is 0 Å². The van der Waals surface area contributed by atoms with Gasteiger partial charge in [0.2, 0.25) is 0 Å². The average Bonchev–Trinajstić information content (AvgIpc) is 3.10. The summed E-state index contributed by atoms with van der Waals surface area (Å²) in [6, 6.07) is 9.54. The largest absolute Gasteiger partial charge is 0.314 e. The van der Waals surface area contributed by atoms with Gasteiger partial charge in [0.25, 0.3) is 0 Å². The Bertz CT molecular complexity index is 306. The second-order valence-electron chi connectivity index (χ2n) is 4.39. The zero-order valence-electron chi connectivity index (χ0n) is 9.51. The van der Waals surface area contributed by atoms with Gasteiger partial charge in [0.15, 0.2) is 0 Å². The smallest absolute Gasteiger partial charge is 0.0205 e. The van der Waals surface area contributed by atoms with E-state index in [9.17, 15) is 0 Å². The van der Waals surface area contributed by atoms with Crippen molar-refractivity contribution in [1.82, 2.24) is 10.6 Å². The summed E-state index contributed by atoms with van der Waals surface area (Å²) in [6.07, 6.45) is 3.99.